The topological polar surface area (TPSA) is 40.6 Å². The van der Waals surface area contributed by atoms with Crippen molar-refractivity contribution in [2.45, 2.75) is 19.0 Å². The van der Waals surface area contributed by atoms with Crippen molar-refractivity contribution in [1.82, 2.24) is 10.0 Å². The molecule has 1 aromatic rings. The molecule has 1 saturated heterocycles. The average molecular weight is 262 g/mol. The molecule has 0 N–H and O–H groups in total. The van der Waals surface area contributed by atoms with Crippen molar-refractivity contribution >= 4 is 22.8 Å². The van der Waals surface area contributed by atoms with E-state index in [4.69, 9.17) is 0 Å². The molecule has 1 amide bonds. The monoisotopic (exact) mass is 262 g/mol. The van der Waals surface area contributed by atoms with Gasteiger partial charge in [0.05, 0.1) is 0 Å². The minimum Gasteiger partial charge on any atom is -0.285 e. The highest BCUT2D eigenvalue weighted by atomic mass is 32.2. The third-order valence-corrected chi connectivity index (χ3v) is 4.22. The number of thioether (sulfide) groups is 1. The molecule has 4 nitrogen and oxygen atoms in total. The van der Waals surface area contributed by atoms with Gasteiger partial charge in [0.1, 0.15) is 6.04 Å². The van der Waals surface area contributed by atoms with Gasteiger partial charge in [-0.25, -0.2) is 5.01 Å². The number of fused-ring (bicyclic) bond motifs is 2. The number of amides is 1. The zero-order valence-electron chi connectivity index (χ0n) is 10.1. The van der Waals surface area contributed by atoms with Gasteiger partial charge in [-0.1, -0.05) is 30.0 Å². The highest BCUT2D eigenvalue weighted by Gasteiger charge is 2.42. The van der Waals surface area contributed by atoms with Crippen LogP contribution in [0.4, 0.5) is 0 Å². The van der Waals surface area contributed by atoms with Gasteiger partial charge >= 0.3 is 0 Å². The van der Waals surface area contributed by atoms with Gasteiger partial charge in [-0.3, -0.25) is 14.6 Å². The van der Waals surface area contributed by atoms with Crippen LogP contribution in [0.25, 0.3) is 0 Å². The average Bonchev–Trinajstić information content (AvgIpc) is 2.82. The summed E-state index contributed by atoms with van der Waals surface area (Å²) in [5.41, 5.74) is 1.78. The molecule has 1 fully saturated rings. The van der Waals surface area contributed by atoms with Crippen LogP contribution in [0.2, 0.25) is 0 Å². The molecule has 2 aliphatic rings. The summed E-state index contributed by atoms with van der Waals surface area (Å²) in [6.45, 7) is 1.50. The van der Waals surface area contributed by atoms with Gasteiger partial charge in [-0.15, -0.1) is 0 Å². The number of hydrazine groups is 1. The number of hydrogen-bond donors (Lipinski definition) is 0. The van der Waals surface area contributed by atoms with E-state index < -0.39 is 0 Å². The highest BCUT2D eigenvalue weighted by molar-refractivity contribution is 8.13. The Kier molecular flexibility index (Phi) is 2.87. The number of hydrogen-bond acceptors (Lipinski definition) is 4. The Morgan fingerprint density at radius 2 is 2.17 bits per heavy atom. The van der Waals surface area contributed by atoms with E-state index in [1.807, 2.05) is 29.3 Å². The maximum atomic E-state index is 12.5. The summed E-state index contributed by atoms with van der Waals surface area (Å²) in [4.78, 5) is 24.3. The summed E-state index contributed by atoms with van der Waals surface area (Å²) in [6, 6.07) is 7.35. The Hall–Kier alpha value is -1.33. The number of nitrogens with zero attached hydrogens (tertiary/aromatic N) is 2. The highest BCUT2D eigenvalue weighted by Crippen LogP contribution is 2.31. The van der Waals surface area contributed by atoms with Crippen molar-refractivity contribution in [3.05, 3.63) is 35.4 Å². The normalized spacial score (nSPS) is 22.8. The first kappa shape index (κ1) is 11.7. The Balaban J connectivity index is 1.98. The molecular weight excluding hydrogens is 248 g/mol. The number of benzene rings is 1. The molecule has 2 aliphatic heterocycles. The molecule has 3 rings (SSSR count). The van der Waals surface area contributed by atoms with Crippen LogP contribution in [0, 0.1) is 0 Å². The first-order valence-electron chi connectivity index (χ1n) is 5.96. The van der Waals surface area contributed by atoms with Crippen molar-refractivity contribution in [3.63, 3.8) is 0 Å². The maximum absolute atomic E-state index is 12.5. The Morgan fingerprint density at radius 1 is 1.39 bits per heavy atom. The van der Waals surface area contributed by atoms with E-state index in [1.165, 1.54) is 11.8 Å². The number of carbonyl (C=O) groups excluding carboxylic acids is 2. The van der Waals surface area contributed by atoms with Crippen molar-refractivity contribution < 1.29 is 9.59 Å². The molecule has 0 saturated carbocycles. The van der Waals surface area contributed by atoms with Crippen molar-refractivity contribution in [2.24, 2.45) is 0 Å². The predicted molar refractivity (Wildman–Crippen MR) is 69.9 cm³/mol. The maximum Gasteiger partial charge on any atom is 0.269 e. The fourth-order valence-corrected chi connectivity index (χ4v) is 3.15. The van der Waals surface area contributed by atoms with E-state index in [1.54, 1.807) is 11.3 Å². The Morgan fingerprint density at radius 3 is 2.94 bits per heavy atom. The molecule has 0 spiro atoms. The predicted octanol–water partition coefficient (Wildman–Crippen LogP) is 1.52. The summed E-state index contributed by atoms with van der Waals surface area (Å²) >= 11 is 1.20. The molecule has 1 unspecified atom stereocenters. The van der Waals surface area contributed by atoms with Crippen LogP contribution in [0.1, 0.15) is 22.3 Å². The van der Waals surface area contributed by atoms with Crippen molar-refractivity contribution in [2.75, 3.05) is 12.8 Å². The molecule has 1 atom stereocenters. The van der Waals surface area contributed by atoms with Gasteiger partial charge in [-0.2, -0.15) is 0 Å². The Labute approximate surface area is 110 Å². The fourth-order valence-electron chi connectivity index (χ4n) is 2.66. The molecule has 5 heteroatoms. The largest absolute Gasteiger partial charge is 0.285 e. The van der Waals surface area contributed by atoms with Gasteiger partial charge in [0.15, 0.2) is 0 Å². The summed E-state index contributed by atoms with van der Waals surface area (Å²) in [5.74, 6) is -0.0400. The van der Waals surface area contributed by atoms with Crippen LogP contribution >= 0.6 is 11.8 Å². The van der Waals surface area contributed by atoms with Crippen LogP contribution in [0.5, 0.6) is 0 Å². The van der Waals surface area contributed by atoms with Gasteiger partial charge in [0.25, 0.3) is 5.91 Å². The molecule has 0 bridgehead atoms. The van der Waals surface area contributed by atoms with E-state index in [9.17, 15) is 9.59 Å². The third-order valence-electron chi connectivity index (χ3n) is 3.54. The Bertz CT molecular complexity index is 517. The molecule has 94 valence electrons. The van der Waals surface area contributed by atoms with Crippen LogP contribution in [0.15, 0.2) is 24.3 Å². The third kappa shape index (κ3) is 1.66. The fraction of sp³-hybridized carbons (Fsp3) is 0.385. The summed E-state index contributed by atoms with van der Waals surface area (Å²) < 4.78 is 0. The second-order valence-electron chi connectivity index (χ2n) is 4.52. The second-order valence-corrected chi connectivity index (χ2v) is 5.33. The zero-order chi connectivity index (χ0) is 12.7. The first-order valence-corrected chi connectivity index (χ1v) is 7.19. The lowest BCUT2D eigenvalue weighted by atomic mass is 10.0. The molecular formula is C13H14N2O2S. The lowest BCUT2D eigenvalue weighted by molar-refractivity contribution is -0.117. The van der Waals surface area contributed by atoms with Crippen LogP contribution < -0.4 is 0 Å². The van der Waals surface area contributed by atoms with E-state index in [2.05, 4.69) is 0 Å². The lowest BCUT2D eigenvalue weighted by Crippen LogP contribution is -2.50. The van der Waals surface area contributed by atoms with Crippen LogP contribution in [0.3, 0.4) is 0 Å². The van der Waals surface area contributed by atoms with Gasteiger partial charge in [-0.05, 0) is 24.3 Å². The van der Waals surface area contributed by atoms with Crippen LogP contribution in [-0.2, 0) is 11.3 Å². The van der Waals surface area contributed by atoms with Gasteiger partial charge < -0.3 is 0 Å². The van der Waals surface area contributed by atoms with E-state index >= 15 is 0 Å². The minimum absolute atomic E-state index is 0.0400. The molecule has 2 heterocycles. The van der Waals surface area contributed by atoms with Crippen LogP contribution in [-0.4, -0.2) is 39.9 Å². The summed E-state index contributed by atoms with van der Waals surface area (Å²) in [6.07, 6.45) is 2.51. The van der Waals surface area contributed by atoms with E-state index in [-0.39, 0.29) is 17.1 Å². The van der Waals surface area contributed by atoms with Gasteiger partial charge in [0.2, 0.25) is 5.12 Å². The molecule has 0 aliphatic carbocycles. The van der Waals surface area contributed by atoms with Crippen molar-refractivity contribution in [3.8, 4) is 0 Å². The summed E-state index contributed by atoms with van der Waals surface area (Å²) in [5, 5.41) is 3.72. The minimum atomic E-state index is -0.291. The molecule has 0 aromatic heterocycles. The molecule has 1 aromatic carbocycles. The molecule has 18 heavy (non-hydrogen) atoms. The van der Waals surface area contributed by atoms with Crippen molar-refractivity contribution in [1.29, 1.82) is 0 Å². The standard InChI is InChI=1S/C13H14N2O2S/c1-18-13(17)11-6-7-14-8-9-4-2-3-5-10(9)12(16)15(11)14/h2-5,11H,6-8H2,1H3. The second kappa shape index (κ2) is 4.40. The van der Waals surface area contributed by atoms with Gasteiger partial charge in [0, 0.05) is 18.7 Å². The quantitative estimate of drug-likeness (QED) is 0.769. The number of carbonyl (C=O) groups is 2. The zero-order valence-corrected chi connectivity index (χ0v) is 10.9. The van der Waals surface area contributed by atoms with E-state index in [0.29, 0.717) is 0 Å². The van der Waals surface area contributed by atoms with E-state index in [0.717, 1.165) is 30.6 Å². The lowest BCUT2D eigenvalue weighted by Gasteiger charge is -2.36. The first-order chi connectivity index (χ1) is 8.72. The summed E-state index contributed by atoms with van der Waals surface area (Å²) in [7, 11) is 0. The molecule has 0 radical (unpaired) electrons. The number of rotatable bonds is 1. The SMILES string of the molecule is CSC(=O)C1CCN2Cc3ccccc3C(=O)N12. The smallest absolute Gasteiger partial charge is 0.269 e.